The Balaban J connectivity index is 1.42. The lowest BCUT2D eigenvalue weighted by Gasteiger charge is -2.26. The van der Waals surface area contributed by atoms with Gasteiger partial charge in [0.2, 0.25) is 5.91 Å². The Morgan fingerprint density at radius 3 is 2.73 bits per heavy atom. The second-order valence-corrected chi connectivity index (χ2v) is 7.89. The van der Waals surface area contributed by atoms with Crippen LogP contribution < -0.4 is 10.6 Å². The molecule has 2 amide bonds. The molecule has 2 aromatic carbocycles. The van der Waals surface area contributed by atoms with Crippen LogP contribution in [-0.2, 0) is 16.1 Å². The Hall–Kier alpha value is -3.53. The van der Waals surface area contributed by atoms with Crippen LogP contribution in [0.2, 0.25) is 0 Å². The first-order valence-corrected chi connectivity index (χ1v) is 10.7. The number of aromatic hydroxyl groups is 1. The summed E-state index contributed by atoms with van der Waals surface area (Å²) in [7, 11) is 0. The van der Waals surface area contributed by atoms with Crippen molar-refractivity contribution in [1.82, 2.24) is 15.2 Å². The number of benzene rings is 2. The van der Waals surface area contributed by atoms with Crippen molar-refractivity contribution in [1.29, 1.82) is 0 Å². The molecule has 3 aromatic rings. The molecule has 1 fully saturated rings. The summed E-state index contributed by atoms with van der Waals surface area (Å²) in [6, 6.07) is 12.4. The van der Waals surface area contributed by atoms with Gasteiger partial charge in [-0.25, -0.2) is 0 Å². The minimum Gasteiger partial charge on any atom is -0.508 e. The maximum absolute atomic E-state index is 12.8. The Labute approximate surface area is 191 Å². The number of carbonyl (C=O) groups excluding carboxylic acids is 2. The maximum atomic E-state index is 12.8. The largest absolute Gasteiger partial charge is 0.508 e. The van der Waals surface area contributed by atoms with E-state index in [1.165, 1.54) is 6.07 Å². The van der Waals surface area contributed by atoms with Gasteiger partial charge < -0.3 is 25.6 Å². The van der Waals surface area contributed by atoms with Gasteiger partial charge in [-0.05, 0) is 48.0 Å². The summed E-state index contributed by atoms with van der Waals surface area (Å²) in [4.78, 5) is 31.9. The fourth-order valence-corrected chi connectivity index (χ4v) is 3.73. The molecule has 9 heteroatoms. The lowest BCUT2D eigenvalue weighted by Crippen LogP contribution is -2.46. The fourth-order valence-electron chi connectivity index (χ4n) is 3.73. The molecule has 1 aromatic heterocycles. The van der Waals surface area contributed by atoms with Crippen molar-refractivity contribution >= 4 is 28.4 Å². The first-order valence-electron chi connectivity index (χ1n) is 10.7. The number of ether oxygens (including phenoxy) is 1. The van der Waals surface area contributed by atoms with E-state index < -0.39 is 24.5 Å². The number of phenolic OH excluding ortho intramolecular Hbond substituents is 1. The second kappa shape index (κ2) is 10.4. The zero-order valence-corrected chi connectivity index (χ0v) is 18.0. The number of hydrogen-bond donors (Lipinski definition) is 4. The van der Waals surface area contributed by atoms with Crippen LogP contribution in [-0.4, -0.2) is 70.9 Å². The maximum Gasteiger partial charge on any atom is 0.252 e. The molecular weight excluding hydrogens is 424 g/mol. The molecule has 1 saturated heterocycles. The summed E-state index contributed by atoms with van der Waals surface area (Å²) >= 11 is 0. The van der Waals surface area contributed by atoms with Gasteiger partial charge in [-0.1, -0.05) is 6.07 Å². The lowest BCUT2D eigenvalue weighted by atomic mass is 10.1. The molecule has 172 valence electrons. The van der Waals surface area contributed by atoms with Gasteiger partial charge in [-0.2, -0.15) is 0 Å². The predicted octanol–water partition coefficient (Wildman–Crippen LogP) is 1.50. The van der Waals surface area contributed by atoms with Crippen LogP contribution in [0.1, 0.15) is 15.9 Å². The van der Waals surface area contributed by atoms with Gasteiger partial charge >= 0.3 is 0 Å². The Morgan fingerprint density at radius 1 is 1.12 bits per heavy atom. The number of hydrogen-bond acceptors (Lipinski definition) is 7. The molecule has 9 nitrogen and oxygen atoms in total. The van der Waals surface area contributed by atoms with Crippen molar-refractivity contribution in [3.05, 3.63) is 65.9 Å². The van der Waals surface area contributed by atoms with Gasteiger partial charge in [0.1, 0.15) is 11.8 Å². The normalized spacial score (nSPS) is 15.2. The molecule has 1 atom stereocenters. The quantitative estimate of drug-likeness (QED) is 0.430. The molecule has 1 aliphatic rings. The number of morpholine rings is 1. The van der Waals surface area contributed by atoms with Gasteiger partial charge in [0.05, 0.1) is 25.3 Å². The molecule has 4 N–H and O–H groups in total. The minimum absolute atomic E-state index is 0.0410. The van der Waals surface area contributed by atoms with Gasteiger partial charge in [-0.15, -0.1) is 0 Å². The minimum atomic E-state index is -1.16. The number of carbonyl (C=O) groups is 2. The first-order chi connectivity index (χ1) is 16.0. The standard InChI is InChI=1S/C24H26N4O5/c29-15-22(24(32)26-19-3-4-21-17(12-19)2-1-5-25-21)27-23(31)18-10-16(11-20(30)13-18)14-28-6-8-33-9-7-28/h1-5,10-13,22,29-30H,6-9,14-15H2,(H,26,32)(H,27,31)/t22-/m0/s1. The number of nitrogens with zero attached hydrogens (tertiary/aromatic N) is 2. The van der Waals surface area contributed by atoms with Crippen molar-refractivity contribution in [2.24, 2.45) is 0 Å². The third kappa shape index (κ3) is 5.83. The lowest BCUT2D eigenvalue weighted by molar-refractivity contribution is -0.118. The molecule has 0 unspecified atom stereocenters. The van der Waals surface area contributed by atoms with Crippen LogP contribution in [0.4, 0.5) is 5.69 Å². The number of aliphatic hydroxyl groups excluding tert-OH is 1. The Bertz CT molecular complexity index is 1150. The number of fused-ring (bicyclic) bond motifs is 1. The highest BCUT2D eigenvalue weighted by Gasteiger charge is 2.22. The van der Waals surface area contributed by atoms with Gasteiger partial charge in [0.25, 0.3) is 5.91 Å². The molecule has 2 heterocycles. The predicted molar refractivity (Wildman–Crippen MR) is 123 cm³/mol. The van der Waals surface area contributed by atoms with Crippen LogP contribution in [0.5, 0.6) is 5.75 Å². The number of amides is 2. The van der Waals surface area contributed by atoms with Crippen molar-refractivity contribution in [3.63, 3.8) is 0 Å². The van der Waals surface area contributed by atoms with Crippen LogP contribution in [0, 0.1) is 0 Å². The number of nitrogens with one attached hydrogen (secondary N) is 2. The molecule has 0 bridgehead atoms. The van der Waals surface area contributed by atoms with Crippen LogP contribution >= 0.6 is 0 Å². The summed E-state index contributed by atoms with van der Waals surface area (Å²) in [5.41, 5.74) is 2.30. The van der Waals surface area contributed by atoms with E-state index in [1.54, 1.807) is 42.6 Å². The van der Waals surface area contributed by atoms with Crippen molar-refractivity contribution in [2.75, 3.05) is 38.2 Å². The van der Waals surface area contributed by atoms with Gasteiger partial charge in [-0.3, -0.25) is 19.5 Å². The van der Waals surface area contributed by atoms with E-state index in [2.05, 4.69) is 20.5 Å². The average Bonchev–Trinajstić information content (AvgIpc) is 2.82. The number of anilines is 1. The molecule has 0 saturated carbocycles. The number of phenols is 1. The number of aliphatic hydroxyl groups is 1. The van der Waals surface area contributed by atoms with E-state index >= 15 is 0 Å². The number of aromatic nitrogens is 1. The second-order valence-electron chi connectivity index (χ2n) is 7.89. The summed E-state index contributed by atoms with van der Waals surface area (Å²) < 4.78 is 5.35. The highest BCUT2D eigenvalue weighted by Crippen LogP contribution is 2.19. The van der Waals surface area contributed by atoms with E-state index in [9.17, 15) is 19.8 Å². The summed E-state index contributed by atoms with van der Waals surface area (Å²) in [5.74, 6) is -1.16. The third-order valence-electron chi connectivity index (χ3n) is 5.42. The van der Waals surface area contributed by atoms with Crippen molar-refractivity contribution in [2.45, 2.75) is 12.6 Å². The monoisotopic (exact) mass is 450 g/mol. The van der Waals surface area contributed by atoms with Gasteiger partial charge in [0.15, 0.2) is 0 Å². The van der Waals surface area contributed by atoms with Crippen LogP contribution in [0.25, 0.3) is 10.9 Å². The summed E-state index contributed by atoms with van der Waals surface area (Å²) in [5, 5.41) is 25.9. The highest BCUT2D eigenvalue weighted by atomic mass is 16.5. The molecular formula is C24H26N4O5. The van der Waals surface area contributed by atoms with Crippen LogP contribution in [0.15, 0.2) is 54.7 Å². The third-order valence-corrected chi connectivity index (χ3v) is 5.42. The SMILES string of the molecule is O=C(N[C@@H](CO)C(=O)Nc1ccc2ncccc2c1)c1cc(O)cc(CN2CCOCC2)c1. The highest BCUT2D eigenvalue weighted by molar-refractivity contribution is 6.02. The summed E-state index contributed by atoms with van der Waals surface area (Å²) in [6.07, 6.45) is 1.69. The molecule has 0 radical (unpaired) electrons. The molecule has 33 heavy (non-hydrogen) atoms. The smallest absolute Gasteiger partial charge is 0.252 e. The zero-order valence-electron chi connectivity index (χ0n) is 18.0. The Kier molecular flexibility index (Phi) is 7.13. The van der Waals surface area contributed by atoms with Gasteiger partial charge in [0, 0.05) is 42.5 Å². The van der Waals surface area contributed by atoms with Crippen molar-refractivity contribution in [3.8, 4) is 5.75 Å². The number of rotatable bonds is 7. The number of pyridine rings is 1. The van der Waals surface area contributed by atoms with E-state index in [0.29, 0.717) is 25.4 Å². The van der Waals surface area contributed by atoms with Crippen molar-refractivity contribution < 1.29 is 24.5 Å². The van der Waals surface area contributed by atoms with Crippen LogP contribution in [0.3, 0.4) is 0 Å². The molecule has 4 rings (SSSR count). The zero-order chi connectivity index (χ0) is 23.2. The van der Waals surface area contributed by atoms with E-state index in [-0.39, 0.29) is 11.3 Å². The van der Waals surface area contributed by atoms with E-state index in [4.69, 9.17) is 4.74 Å². The summed E-state index contributed by atoms with van der Waals surface area (Å²) in [6.45, 7) is 2.83. The first kappa shape index (κ1) is 22.7. The Morgan fingerprint density at radius 2 is 1.94 bits per heavy atom. The topological polar surface area (TPSA) is 124 Å². The van der Waals surface area contributed by atoms with E-state index in [1.807, 2.05) is 6.07 Å². The molecule has 0 aliphatic carbocycles. The molecule has 0 spiro atoms. The average molecular weight is 450 g/mol. The fraction of sp³-hybridized carbons (Fsp3) is 0.292. The van der Waals surface area contributed by atoms with E-state index in [0.717, 1.165) is 29.6 Å². The molecule has 1 aliphatic heterocycles.